The first-order chi connectivity index (χ1) is 11.9. The zero-order valence-corrected chi connectivity index (χ0v) is 13.3. The van der Waals surface area contributed by atoms with Crippen LogP contribution in [0.3, 0.4) is 0 Å². The highest BCUT2D eigenvalue weighted by molar-refractivity contribution is 5.67. The van der Waals surface area contributed by atoms with Gasteiger partial charge in [0.15, 0.2) is 0 Å². The van der Waals surface area contributed by atoms with Crippen LogP contribution in [0.4, 0.5) is 13.2 Å². The largest absolute Gasteiger partial charge is 0.573 e. The second-order valence-corrected chi connectivity index (χ2v) is 6.61. The smallest absolute Gasteiger partial charge is 0.406 e. The number of ether oxygens (including phenoxy) is 1. The predicted molar refractivity (Wildman–Crippen MR) is 86.5 cm³/mol. The summed E-state index contributed by atoms with van der Waals surface area (Å²) in [5, 5.41) is 3.40. The molecule has 1 aromatic carbocycles. The SMILES string of the molecule is O=c1ccc(-c2ccc(OC(F)(F)F)cc2)c2n1CC1CNCC2C1. The maximum atomic E-state index is 12.3. The van der Waals surface area contributed by atoms with E-state index in [1.807, 2.05) is 4.57 Å². The number of nitrogens with one attached hydrogen (secondary N) is 1. The molecular formula is C18H17F3N2O2. The van der Waals surface area contributed by atoms with Crippen molar-refractivity contribution in [3.63, 3.8) is 0 Å². The van der Waals surface area contributed by atoms with Crippen LogP contribution in [0.2, 0.25) is 0 Å². The van der Waals surface area contributed by atoms with E-state index < -0.39 is 6.36 Å². The van der Waals surface area contributed by atoms with E-state index in [0.29, 0.717) is 12.5 Å². The molecule has 4 rings (SSSR count). The molecule has 2 aliphatic rings. The van der Waals surface area contributed by atoms with Gasteiger partial charge in [-0.05, 0) is 42.6 Å². The number of piperidine rings is 1. The van der Waals surface area contributed by atoms with Crippen molar-refractivity contribution in [1.29, 1.82) is 0 Å². The first-order valence-corrected chi connectivity index (χ1v) is 8.21. The number of hydrogen-bond donors (Lipinski definition) is 1. The van der Waals surface area contributed by atoms with Crippen LogP contribution >= 0.6 is 0 Å². The van der Waals surface area contributed by atoms with Crippen LogP contribution in [-0.4, -0.2) is 24.0 Å². The summed E-state index contributed by atoms with van der Waals surface area (Å²) in [5.74, 6) is 0.432. The van der Waals surface area contributed by atoms with Crippen LogP contribution in [0.15, 0.2) is 41.2 Å². The van der Waals surface area contributed by atoms with Crippen LogP contribution in [0.1, 0.15) is 18.0 Å². The maximum Gasteiger partial charge on any atom is 0.573 e. The summed E-state index contributed by atoms with van der Waals surface area (Å²) in [5.41, 5.74) is 2.63. The Morgan fingerprint density at radius 1 is 1.08 bits per heavy atom. The van der Waals surface area contributed by atoms with Gasteiger partial charge in [-0.3, -0.25) is 4.79 Å². The van der Waals surface area contributed by atoms with Crippen LogP contribution in [0.5, 0.6) is 5.75 Å². The minimum absolute atomic E-state index is 0.0209. The van der Waals surface area contributed by atoms with E-state index in [2.05, 4.69) is 10.1 Å². The molecular weight excluding hydrogens is 333 g/mol. The molecule has 0 aliphatic carbocycles. The average molecular weight is 350 g/mol. The molecule has 25 heavy (non-hydrogen) atoms. The fraction of sp³-hybridized carbons (Fsp3) is 0.389. The first-order valence-electron chi connectivity index (χ1n) is 8.21. The fourth-order valence-corrected chi connectivity index (χ4v) is 3.94. The average Bonchev–Trinajstić information content (AvgIpc) is 2.56. The molecule has 0 radical (unpaired) electrons. The molecule has 2 unspecified atom stereocenters. The highest BCUT2D eigenvalue weighted by Gasteiger charge is 2.33. The lowest BCUT2D eigenvalue weighted by molar-refractivity contribution is -0.274. The molecule has 2 bridgehead atoms. The van der Waals surface area contributed by atoms with Gasteiger partial charge in [-0.2, -0.15) is 0 Å². The molecule has 2 aromatic rings. The van der Waals surface area contributed by atoms with Crippen LogP contribution in [0.25, 0.3) is 11.1 Å². The number of alkyl halides is 3. The number of pyridine rings is 1. The highest BCUT2D eigenvalue weighted by Crippen LogP contribution is 2.38. The molecule has 1 aromatic heterocycles. The Hall–Kier alpha value is -2.28. The number of fused-ring (bicyclic) bond motifs is 4. The Kier molecular flexibility index (Phi) is 3.83. The summed E-state index contributed by atoms with van der Waals surface area (Å²) in [4.78, 5) is 12.3. The second-order valence-electron chi connectivity index (χ2n) is 6.61. The van der Waals surface area contributed by atoms with E-state index in [9.17, 15) is 18.0 Å². The third kappa shape index (κ3) is 3.16. The van der Waals surface area contributed by atoms with Gasteiger partial charge >= 0.3 is 6.36 Å². The van der Waals surface area contributed by atoms with Crippen molar-refractivity contribution in [1.82, 2.24) is 9.88 Å². The van der Waals surface area contributed by atoms with Crippen molar-refractivity contribution in [3.05, 3.63) is 52.4 Å². The first kappa shape index (κ1) is 16.2. The van der Waals surface area contributed by atoms with Gasteiger partial charge in [-0.25, -0.2) is 0 Å². The van der Waals surface area contributed by atoms with Crippen molar-refractivity contribution < 1.29 is 17.9 Å². The Morgan fingerprint density at radius 2 is 1.84 bits per heavy atom. The molecule has 2 aliphatic heterocycles. The van der Waals surface area contributed by atoms with Gasteiger partial charge in [0.2, 0.25) is 0 Å². The molecule has 1 N–H and O–H groups in total. The Balaban J connectivity index is 1.74. The molecule has 7 heteroatoms. The molecule has 3 heterocycles. The molecule has 4 nitrogen and oxygen atoms in total. The van der Waals surface area contributed by atoms with Gasteiger partial charge < -0.3 is 14.6 Å². The molecule has 2 atom stereocenters. The minimum Gasteiger partial charge on any atom is -0.406 e. The summed E-state index contributed by atoms with van der Waals surface area (Å²) >= 11 is 0. The van der Waals surface area contributed by atoms with Crippen LogP contribution in [0, 0.1) is 5.92 Å². The summed E-state index contributed by atoms with van der Waals surface area (Å²) in [6.07, 6.45) is -3.68. The Bertz CT molecular complexity index is 843. The van der Waals surface area contributed by atoms with Crippen LogP contribution < -0.4 is 15.6 Å². The molecule has 1 saturated heterocycles. The van der Waals surface area contributed by atoms with E-state index in [4.69, 9.17) is 0 Å². The van der Waals surface area contributed by atoms with Gasteiger partial charge in [-0.1, -0.05) is 12.1 Å². The van der Waals surface area contributed by atoms with Gasteiger partial charge in [0, 0.05) is 36.3 Å². The monoisotopic (exact) mass is 350 g/mol. The van der Waals surface area contributed by atoms with Crippen molar-refractivity contribution in [3.8, 4) is 16.9 Å². The van der Waals surface area contributed by atoms with Gasteiger partial charge in [0.1, 0.15) is 5.75 Å². The predicted octanol–water partition coefficient (Wildman–Crippen LogP) is 3.12. The van der Waals surface area contributed by atoms with Crippen molar-refractivity contribution in [2.45, 2.75) is 25.2 Å². The lowest BCUT2D eigenvalue weighted by atomic mass is 9.81. The van der Waals surface area contributed by atoms with Crippen LogP contribution in [-0.2, 0) is 6.54 Å². The van der Waals surface area contributed by atoms with Crippen molar-refractivity contribution in [2.75, 3.05) is 13.1 Å². The number of hydrogen-bond acceptors (Lipinski definition) is 3. The normalized spacial score (nSPS) is 22.4. The number of halogens is 3. The van der Waals surface area contributed by atoms with Gasteiger partial charge in [-0.15, -0.1) is 13.2 Å². The van der Waals surface area contributed by atoms with Gasteiger partial charge in [0.25, 0.3) is 5.56 Å². The molecule has 1 fully saturated rings. The number of benzene rings is 1. The third-order valence-electron chi connectivity index (χ3n) is 4.89. The Labute approximate surface area is 142 Å². The summed E-state index contributed by atoms with van der Waals surface area (Å²) in [6.45, 7) is 2.40. The van der Waals surface area contributed by atoms with E-state index in [-0.39, 0.29) is 17.2 Å². The summed E-state index contributed by atoms with van der Waals surface area (Å²) in [7, 11) is 0. The topological polar surface area (TPSA) is 43.3 Å². The maximum absolute atomic E-state index is 12.3. The summed E-state index contributed by atoms with van der Waals surface area (Å²) in [6, 6.07) is 9.11. The molecule has 132 valence electrons. The number of nitrogens with zero attached hydrogens (tertiary/aromatic N) is 1. The van der Waals surface area contributed by atoms with Crippen molar-refractivity contribution >= 4 is 0 Å². The molecule has 0 amide bonds. The van der Waals surface area contributed by atoms with E-state index in [0.717, 1.165) is 36.3 Å². The third-order valence-corrected chi connectivity index (χ3v) is 4.89. The highest BCUT2D eigenvalue weighted by atomic mass is 19.4. The van der Waals surface area contributed by atoms with Crippen molar-refractivity contribution in [2.24, 2.45) is 5.92 Å². The minimum atomic E-state index is -4.70. The molecule has 0 spiro atoms. The second kappa shape index (κ2) is 5.91. The lowest BCUT2D eigenvalue weighted by Crippen LogP contribution is -2.45. The lowest BCUT2D eigenvalue weighted by Gasteiger charge is -2.38. The quantitative estimate of drug-likeness (QED) is 0.905. The summed E-state index contributed by atoms with van der Waals surface area (Å²) < 4.78 is 42.7. The van der Waals surface area contributed by atoms with E-state index in [1.54, 1.807) is 18.2 Å². The number of aromatic nitrogens is 1. The zero-order chi connectivity index (χ0) is 17.6. The zero-order valence-electron chi connectivity index (χ0n) is 13.3. The van der Waals surface area contributed by atoms with E-state index >= 15 is 0 Å². The molecule has 0 saturated carbocycles. The standard InChI is InChI=1S/C18H17F3N2O2/c19-18(20,21)25-14-3-1-12(2-4-14)15-5-6-16(24)23-10-11-7-13(17(15)23)9-22-8-11/h1-6,11,13,22H,7-10H2. The fourth-order valence-electron chi connectivity index (χ4n) is 3.94. The van der Waals surface area contributed by atoms with E-state index in [1.165, 1.54) is 18.2 Å². The van der Waals surface area contributed by atoms with Gasteiger partial charge in [0.05, 0.1) is 0 Å². The Morgan fingerprint density at radius 3 is 2.56 bits per heavy atom. The number of rotatable bonds is 2.